The first-order chi connectivity index (χ1) is 15.6. The Morgan fingerprint density at radius 3 is 1.97 bits per heavy atom. The van der Waals surface area contributed by atoms with Crippen LogP contribution < -0.4 is 11.1 Å². The van der Waals surface area contributed by atoms with E-state index >= 15 is 0 Å². The van der Waals surface area contributed by atoms with Crippen molar-refractivity contribution in [2.24, 2.45) is 5.73 Å². The maximum Gasteiger partial charge on any atom is 0.317 e. The number of aliphatic carboxylic acids is 2. The summed E-state index contributed by atoms with van der Waals surface area (Å²) in [6.45, 7) is 6.47. The SMILES string of the molecule is CC(=O)O.CC(=O)O.NC1CCN(C(=O)NCC(c2ccc(Cl)cc2)N2CCCCC2)CC1. The van der Waals surface area contributed by atoms with Gasteiger partial charge in [-0.05, 0) is 56.5 Å². The molecule has 2 amide bonds. The number of likely N-dealkylation sites (tertiary alicyclic amines) is 2. The molecule has 10 heteroatoms. The normalized spacial score (nSPS) is 17.5. The Hall–Kier alpha value is -2.36. The summed E-state index contributed by atoms with van der Waals surface area (Å²) in [4.78, 5) is 34.9. The number of carbonyl (C=O) groups is 3. The molecule has 33 heavy (non-hydrogen) atoms. The molecule has 0 aliphatic carbocycles. The predicted octanol–water partition coefficient (Wildman–Crippen LogP) is 3.18. The smallest absolute Gasteiger partial charge is 0.317 e. The average molecular weight is 485 g/mol. The maximum atomic E-state index is 12.5. The molecule has 2 aliphatic rings. The monoisotopic (exact) mass is 484 g/mol. The first-order valence-electron chi connectivity index (χ1n) is 11.3. The summed E-state index contributed by atoms with van der Waals surface area (Å²) >= 11 is 6.04. The summed E-state index contributed by atoms with van der Waals surface area (Å²) in [5.41, 5.74) is 7.14. The molecule has 0 radical (unpaired) electrons. The zero-order chi connectivity index (χ0) is 24.8. The molecule has 2 saturated heterocycles. The van der Waals surface area contributed by atoms with Crippen LogP contribution in [0.25, 0.3) is 0 Å². The number of amides is 2. The molecule has 186 valence electrons. The fourth-order valence-electron chi connectivity index (χ4n) is 3.77. The zero-order valence-corrected chi connectivity index (χ0v) is 20.3. The van der Waals surface area contributed by atoms with Crippen molar-refractivity contribution in [2.75, 3.05) is 32.7 Å². The maximum absolute atomic E-state index is 12.5. The van der Waals surface area contributed by atoms with Gasteiger partial charge in [-0.25, -0.2) is 4.79 Å². The van der Waals surface area contributed by atoms with Gasteiger partial charge in [-0.15, -0.1) is 0 Å². The van der Waals surface area contributed by atoms with Gasteiger partial charge in [0.05, 0.1) is 6.04 Å². The molecule has 5 N–H and O–H groups in total. The lowest BCUT2D eigenvalue weighted by Crippen LogP contribution is -2.49. The van der Waals surface area contributed by atoms with Crippen molar-refractivity contribution in [3.8, 4) is 0 Å². The molecule has 0 aromatic heterocycles. The van der Waals surface area contributed by atoms with E-state index in [0.717, 1.165) is 57.9 Å². The number of nitrogens with zero attached hydrogens (tertiary/aromatic N) is 2. The van der Waals surface area contributed by atoms with Gasteiger partial charge in [0.2, 0.25) is 0 Å². The van der Waals surface area contributed by atoms with Crippen molar-refractivity contribution in [1.82, 2.24) is 15.1 Å². The van der Waals surface area contributed by atoms with Gasteiger partial charge in [-0.2, -0.15) is 0 Å². The van der Waals surface area contributed by atoms with Gasteiger partial charge >= 0.3 is 6.03 Å². The Labute approximate surface area is 200 Å². The number of nitrogens with two attached hydrogens (primary N) is 1. The first kappa shape index (κ1) is 28.7. The molecule has 0 saturated carbocycles. The van der Waals surface area contributed by atoms with Crippen molar-refractivity contribution in [2.45, 2.75) is 58.0 Å². The van der Waals surface area contributed by atoms with Crippen molar-refractivity contribution >= 4 is 29.6 Å². The molecule has 2 aliphatic heterocycles. The van der Waals surface area contributed by atoms with E-state index in [1.54, 1.807) is 0 Å². The van der Waals surface area contributed by atoms with Gasteiger partial charge in [0, 0.05) is 44.5 Å². The Morgan fingerprint density at radius 2 is 1.48 bits per heavy atom. The van der Waals surface area contributed by atoms with E-state index in [0.29, 0.717) is 6.54 Å². The number of rotatable bonds is 4. The van der Waals surface area contributed by atoms with E-state index in [1.165, 1.54) is 24.8 Å². The van der Waals surface area contributed by atoms with Crippen LogP contribution in [0.4, 0.5) is 4.79 Å². The van der Waals surface area contributed by atoms with Crippen LogP contribution in [0.1, 0.15) is 57.6 Å². The molecule has 0 bridgehead atoms. The van der Waals surface area contributed by atoms with Crippen LogP contribution in [-0.2, 0) is 9.59 Å². The second-order valence-electron chi connectivity index (χ2n) is 8.21. The number of halogens is 1. The highest BCUT2D eigenvalue weighted by molar-refractivity contribution is 6.30. The van der Waals surface area contributed by atoms with Gasteiger partial charge in [-0.3, -0.25) is 14.5 Å². The summed E-state index contributed by atoms with van der Waals surface area (Å²) in [6.07, 6.45) is 5.52. The number of urea groups is 1. The number of carboxylic acid groups (broad SMARTS) is 2. The largest absolute Gasteiger partial charge is 0.481 e. The quantitative estimate of drug-likeness (QED) is 0.515. The van der Waals surface area contributed by atoms with E-state index in [9.17, 15) is 4.79 Å². The van der Waals surface area contributed by atoms with Crippen LogP contribution in [-0.4, -0.2) is 76.7 Å². The lowest BCUT2D eigenvalue weighted by molar-refractivity contribution is -0.135. The van der Waals surface area contributed by atoms with Crippen molar-refractivity contribution in [3.63, 3.8) is 0 Å². The minimum absolute atomic E-state index is 0.0304. The zero-order valence-electron chi connectivity index (χ0n) is 19.5. The molecule has 3 rings (SSSR count). The third-order valence-electron chi connectivity index (χ3n) is 5.36. The Bertz CT molecular complexity index is 713. The molecule has 1 aromatic carbocycles. The van der Waals surface area contributed by atoms with Gasteiger partial charge < -0.3 is 26.2 Å². The second kappa shape index (κ2) is 15.5. The summed E-state index contributed by atoms with van der Waals surface area (Å²) in [6, 6.07) is 8.49. The summed E-state index contributed by atoms with van der Waals surface area (Å²) < 4.78 is 0. The minimum Gasteiger partial charge on any atom is -0.481 e. The van der Waals surface area contributed by atoms with E-state index < -0.39 is 11.9 Å². The third kappa shape index (κ3) is 12.5. The highest BCUT2D eigenvalue weighted by atomic mass is 35.5. The van der Waals surface area contributed by atoms with Crippen LogP contribution in [0.3, 0.4) is 0 Å². The summed E-state index contributed by atoms with van der Waals surface area (Å²) in [5, 5.41) is 18.7. The molecular formula is C23H37ClN4O5. The number of carboxylic acids is 2. The van der Waals surface area contributed by atoms with Crippen LogP contribution in [0, 0.1) is 0 Å². The number of benzene rings is 1. The van der Waals surface area contributed by atoms with Crippen LogP contribution in [0.2, 0.25) is 5.02 Å². The van der Waals surface area contributed by atoms with E-state index in [-0.39, 0.29) is 18.1 Å². The molecular weight excluding hydrogens is 448 g/mol. The molecule has 2 fully saturated rings. The van der Waals surface area contributed by atoms with E-state index in [1.807, 2.05) is 17.0 Å². The predicted molar refractivity (Wildman–Crippen MR) is 128 cm³/mol. The van der Waals surface area contributed by atoms with Crippen molar-refractivity contribution in [1.29, 1.82) is 0 Å². The fraction of sp³-hybridized carbons (Fsp3) is 0.609. The molecule has 1 aromatic rings. The highest BCUT2D eigenvalue weighted by Gasteiger charge is 2.25. The number of hydrogen-bond acceptors (Lipinski definition) is 5. The lowest BCUT2D eigenvalue weighted by atomic mass is 10.0. The number of nitrogens with one attached hydrogen (secondary N) is 1. The van der Waals surface area contributed by atoms with Crippen LogP contribution in [0.5, 0.6) is 0 Å². The lowest BCUT2D eigenvalue weighted by Gasteiger charge is -2.36. The molecule has 2 heterocycles. The Balaban J connectivity index is 0.000000591. The van der Waals surface area contributed by atoms with E-state index in [4.69, 9.17) is 37.1 Å². The standard InChI is InChI=1S/C19H29ClN4O.2C2H4O2/c20-16-6-4-15(5-7-16)18(23-10-2-1-3-11-23)14-22-19(25)24-12-8-17(21)9-13-24;2*1-2(3)4/h4-7,17-18H,1-3,8-14,21H2,(H,22,25);2*1H3,(H,3,4). The average Bonchev–Trinajstić information content (AvgIpc) is 2.75. The molecule has 9 nitrogen and oxygen atoms in total. The number of hydrogen-bond donors (Lipinski definition) is 4. The van der Waals surface area contributed by atoms with Crippen LogP contribution >= 0.6 is 11.6 Å². The fourth-order valence-corrected chi connectivity index (χ4v) is 3.90. The first-order valence-corrected chi connectivity index (χ1v) is 11.6. The van der Waals surface area contributed by atoms with E-state index in [2.05, 4.69) is 22.3 Å². The Morgan fingerprint density at radius 1 is 1.00 bits per heavy atom. The molecule has 1 atom stereocenters. The highest BCUT2D eigenvalue weighted by Crippen LogP contribution is 2.25. The summed E-state index contributed by atoms with van der Waals surface area (Å²) in [5.74, 6) is -1.67. The number of piperidine rings is 2. The minimum atomic E-state index is -0.833. The topological polar surface area (TPSA) is 136 Å². The van der Waals surface area contributed by atoms with Crippen molar-refractivity contribution in [3.05, 3.63) is 34.9 Å². The van der Waals surface area contributed by atoms with Gasteiger partial charge in [0.15, 0.2) is 0 Å². The second-order valence-corrected chi connectivity index (χ2v) is 8.65. The summed E-state index contributed by atoms with van der Waals surface area (Å²) in [7, 11) is 0. The number of carbonyl (C=O) groups excluding carboxylic acids is 1. The third-order valence-corrected chi connectivity index (χ3v) is 5.61. The molecule has 1 unspecified atom stereocenters. The molecule has 0 spiro atoms. The Kier molecular flexibility index (Phi) is 13.4. The van der Waals surface area contributed by atoms with Gasteiger partial charge in [0.1, 0.15) is 0 Å². The van der Waals surface area contributed by atoms with Crippen LogP contribution in [0.15, 0.2) is 24.3 Å². The van der Waals surface area contributed by atoms with Gasteiger partial charge in [-0.1, -0.05) is 30.2 Å². The van der Waals surface area contributed by atoms with Gasteiger partial charge in [0.25, 0.3) is 11.9 Å². The van der Waals surface area contributed by atoms with Crippen molar-refractivity contribution < 1.29 is 24.6 Å².